The first-order valence-corrected chi connectivity index (χ1v) is 7.36. The van der Waals surface area contributed by atoms with Gasteiger partial charge in [0.25, 0.3) is 5.91 Å². The zero-order chi connectivity index (χ0) is 15.1. The second kappa shape index (κ2) is 7.53. The summed E-state index contributed by atoms with van der Waals surface area (Å²) in [7, 11) is 0. The normalized spacial score (nSPS) is 11.9. The standard InChI is InChI=1S/C17H22N2O2/c1-3-18-17(20)14-6-4-7-15(12-14)19-13(2)9-10-16-8-5-11-21-16/h4-8,11-13,19H,3,9-10H2,1-2H3,(H,18,20). The molecule has 0 saturated heterocycles. The molecule has 0 bridgehead atoms. The van der Waals surface area contributed by atoms with E-state index in [2.05, 4.69) is 17.6 Å². The van der Waals surface area contributed by atoms with Crippen LogP contribution in [0.25, 0.3) is 0 Å². The molecule has 0 aliphatic carbocycles. The quantitative estimate of drug-likeness (QED) is 0.819. The fourth-order valence-corrected chi connectivity index (χ4v) is 2.18. The van der Waals surface area contributed by atoms with Crippen molar-refractivity contribution < 1.29 is 9.21 Å². The Balaban J connectivity index is 1.89. The lowest BCUT2D eigenvalue weighted by molar-refractivity contribution is 0.0956. The number of carbonyl (C=O) groups excluding carboxylic acids is 1. The predicted molar refractivity (Wildman–Crippen MR) is 84.6 cm³/mol. The number of furan rings is 1. The van der Waals surface area contributed by atoms with Gasteiger partial charge in [0, 0.05) is 30.3 Å². The summed E-state index contributed by atoms with van der Waals surface area (Å²) in [6.07, 6.45) is 3.57. The van der Waals surface area contributed by atoms with Crippen molar-refractivity contribution in [3.05, 3.63) is 54.0 Å². The number of hydrogen-bond acceptors (Lipinski definition) is 3. The Hall–Kier alpha value is -2.23. The summed E-state index contributed by atoms with van der Waals surface area (Å²) in [5.74, 6) is 0.962. The van der Waals surface area contributed by atoms with Gasteiger partial charge in [-0.3, -0.25) is 4.79 Å². The van der Waals surface area contributed by atoms with Crippen molar-refractivity contribution in [1.82, 2.24) is 5.32 Å². The summed E-state index contributed by atoms with van der Waals surface area (Å²) in [4.78, 5) is 11.8. The van der Waals surface area contributed by atoms with Crippen LogP contribution in [0.4, 0.5) is 5.69 Å². The van der Waals surface area contributed by atoms with Crippen LogP contribution in [-0.2, 0) is 6.42 Å². The zero-order valence-corrected chi connectivity index (χ0v) is 12.6. The predicted octanol–water partition coefficient (Wildman–Crippen LogP) is 3.46. The average Bonchev–Trinajstić information content (AvgIpc) is 2.99. The van der Waals surface area contributed by atoms with Crippen LogP contribution in [0.1, 0.15) is 36.4 Å². The van der Waals surface area contributed by atoms with Gasteiger partial charge in [0.2, 0.25) is 0 Å². The number of hydrogen-bond donors (Lipinski definition) is 2. The topological polar surface area (TPSA) is 54.3 Å². The molecule has 4 nitrogen and oxygen atoms in total. The first-order chi connectivity index (χ1) is 10.2. The van der Waals surface area contributed by atoms with Crippen LogP contribution in [-0.4, -0.2) is 18.5 Å². The highest BCUT2D eigenvalue weighted by atomic mass is 16.3. The fourth-order valence-electron chi connectivity index (χ4n) is 2.18. The third-order valence-corrected chi connectivity index (χ3v) is 3.28. The molecule has 4 heteroatoms. The van der Waals surface area contributed by atoms with Gasteiger partial charge in [-0.15, -0.1) is 0 Å². The van der Waals surface area contributed by atoms with Gasteiger partial charge in [-0.05, 0) is 50.6 Å². The lowest BCUT2D eigenvalue weighted by Crippen LogP contribution is -2.23. The summed E-state index contributed by atoms with van der Waals surface area (Å²) in [5, 5.41) is 6.23. The Morgan fingerprint density at radius 3 is 2.86 bits per heavy atom. The monoisotopic (exact) mass is 286 g/mol. The van der Waals surface area contributed by atoms with Crippen molar-refractivity contribution in [2.45, 2.75) is 32.7 Å². The molecule has 1 aromatic heterocycles. The van der Waals surface area contributed by atoms with Gasteiger partial charge < -0.3 is 15.1 Å². The van der Waals surface area contributed by atoms with E-state index in [1.54, 1.807) is 6.26 Å². The van der Waals surface area contributed by atoms with E-state index in [9.17, 15) is 4.79 Å². The van der Waals surface area contributed by atoms with Crippen LogP contribution in [0, 0.1) is 0 Å². The summed E-state index contributed by atoms with van der Waals surface area (Å²) in [5.41, 5.74) is 1.64. The summed E-state index contributed by atoms with van der Waals surface area (Å²) in [6.45, 7) is 4.68. The average molecular weight is 286 g/mol. The molecule has 0 spiro atoms. The molecule has 1 atom stereocenters. The van der Waals surface area contributed by atoms with Crippen LogP contribution in [0.3, 0.4) is 0 Å². The Morgan fingerprint density at radius 1 is 1.29 bits per heavy atom. The van der Waals surface area contributed by atoms with E-state index in [0.717, 1.165) is 24.3 Å². The van der Waals surface area contributed by atoms with Crippen LogP contribution in [0.2, 0.25) is 0 Å². The SMILES string of the molecule is CCNC(=O)c1cccc(NC(C)CCc2ccco2)c1. The molecule has 1 heterocycles. The van der Waals surface area contributed by atoms with Crippen LogP contribution in [0.15, 0.2) is 47.1 Å². The maximum atomic E-state index is 11.8. The second-order valence-electron chi connectivity index (χ2n) is 5.10. The maximum Gasteiger partial charge on any atom is 0.251 e. The Bertz CT molecular complexity index is 564. The first kappa shape index (κ1) is 15.2. The number of amides is 1. The number of aryl methyl sites for hydroxylation is 1. The van der Waals surface area contributed by atoms with E-state index in [1.807, 2.05) is 43.3 Å². The van der Waals surface area contributed by atoms with Crippen molar-refractivity contribution in [3.8, 4) is 0 Å². The molecule has 21 heavy (non-hydrogen) atoms. The van der Waals surface area contributed by atoms with Gasteiger partial charge in [0.15, 0.2) is 0 Å². The number of rotatable bonds is 7. The highest BCUT2D eigenvalue weighted by Crippen LogP contribution is 2.14. The molecule has 2 N–H and O–H groups in total. The number of benzene rings is 1. The van der Waals surface area contributed by atoms with Crippen molar-refractivity contribution in [2.24, 2.45) is 0 Å². The Kier molecular flexibility index (Phi) is 5.43. The minimum atomic E-state index is -0.0376. The van der Waals surface area contributed by atoms with Crippen molar-refractivity contribution in [1.29, 1.82) is 0 Å². The highest BCUT2D eigenvalue weighted by Gasteiger charge is 2.07. The molecule has 1 unspecified atom stereocenters. The molecule has 2 rings (SSSR count). The van der Waals surface area contributed by atoms with Crippen molar-refractivity contribution in [3.63, 3.8) is 0 Å². The second-order valence-corrected chi connectivity index (χ2v) is 5.10. The van der Waals surface area contributed by atoms with E-state index in [-0.39, 0.29) is 5.91 Å². The van der Waals surface area contributed by atoms with E-state index < -0.39 is 0 Å². The molecule has 0 radical (unpaired) electrons. The fraction of sp³-hybridized carbons (Fsp3) is 0.353. The van der Waals surface area contributed by atoms with Gasteiger partial charge >= 0.3 is 0 Å². The van der Waals surface area contributed by atoms with E-state index in [1.165, 1.54) is 0 Å². The van der Waals surface area contributed by atoms with Gasteiger partial charge in [0.1, 0.15) is 5.76 Å². The summed E-state index contributed by atoms with van der Waals surface area (Å²) in [6, 6.07) is 11.8. The number of nitrogens with one attached hydrogen (secondary N) is 2. The minimum absolute atomic E-state index is 0.0376. The van der Waals surface area contributed by atoms with Gasteiger partial charge in [-0.2, -0.15) is 0 Å². The molecule has 0 fully saturated rings. The molecular formula is C17H22N2O2. The summed E-state index contributed by atoms with van der Waals surface area (Å²) >= 11 is 0. The van der Waals surface area contributed by atoms with Crippen molar-refractivity contribution >= 4 is 11.6 Å². The van der Waals surface area contributed by atoms with E-state index >= 15 is 0 Å². The largest absolute Gasteiger partial charge is 0.469 e. The van der Waals surface area contributed by atoms with E-state index in [4.69, 9.17) is 4.42 Å². The maximum absolute atomic E-state index is 11.8. The van der Waals surface area contributed by atoms with Crippen molar-refractivity contribution in [2.75, 3.05) is 11.9 Å². The molecule has 0 saturated carbocycles. The van der Waals surface area contributed by atoms with Gasteiger partial charge in [0.05, 0.1) is 6.26 Å². The number of anilines is 1. The molecule has 2 aromatic rings. The van der Waals surface area contributed by atoms with Crippen LogP contribution in [0.5, 0.6) is 0 Å². The zero-order valence-electron chi connectivity index (χ0n) is 12.6. The molecule has 1 amide bonds. The van der Waals surface area contributed by atoms with E-state index in [0.29, 0.717) is 18.2 Å². The third kappa shape index (κ3) is 4.67. The molecular weight excluding hydrogens is 264 g/mol. The summed E-state index contributed by atoms with van der Waals surface area (Å²) < 4.78 is 5.33. The van der Waals surface area contributed by atoms with Crippen LogP contribution < -0.4 is 10.6 Å². The first-order valence-electron chi connectivity index (χ1n) is 7.36. The molecule has 1 aromatic carbocycles. The van der Waals surface area contributed by atoms with Gasteiger partial charge in [-0.1, -0.05) is 6.07 Å². The highest BCUT2D eigenvalue weighted by molar-refractivity contribution is 5.95. The lowest BCUT2D eigenvalue weighted by Gasteiger charge is -2.15. The van der Waals surface area contributed by atoms with Crippen LogP contribution >= 0.6 is 0 Å². The molecule has 0 aliphatic rings. The Morgan fingerprint density at radius 2 is 2.14 bits per heavy atom. The lowest BCUT2D eigenvalue weighted by atomic mass is 10.1. The number of carbonyl (C=O) groups is 1. The third-order valence-electron chi connectivity index (χ3n) is 3.28. The molecule has 112 valence electrons. The van der Waals surface area contributed by atoms with Gasteiger partial charge in [-0.25, -0.2) is 0 Å². The minimum Gasteiger partial charge on any atom is -0.469 e. The molecule has 0 aliphatic heterocycles. The Labute approximate surface area is 125 Å². The smallest absolute Gasteiger partial charge is 0.251 e.